The lowest BCUT2D eigenvalue weighted by Gasteiger charge is -2.40. The Balaban J connectivity index is 2.14. The lowest BCUT2D eigenvalue weighted by atomic mass is 9.72. The molecule has 0 saturated heterocycles. The molecule has 1 aliphatic carbocycles. The minimum absolute atomic E-state index is 0.0570. The zero-order valence-corrected chi connectivity index (χ0v) is 14.1. The van der Waals surface area contributed by atoms with Crippen LogP contribution in [0.5, 0.6) is 11.5 Å². The first-order chi connectivity index (χ1) is 16.7. The van der Waals surface area contributed by atoms with Crippen molar-refractivity contribution in [2.24, 2.45) is 0 Å². The van der Waals surface area contributed by atoms with E-state index < -0.39 is 49.9 Å². The van der Waals surface area contributed by atoms with E-state index in [2.05, 4.69) is 5.32 Å². The Morgan fingerprint density at radius 3 is 2.15 bits per heavy atom. The maximum absolute atomic E-state index is 11.9. The van der Waals surface area contributed by atoms with Crippen LogP contribution in [0.2, 0.25) is 0 Å². The van der Waals surface area contributed by atoms with Gasteiger partial charge in [-0.05, 0) is 61.1 Å². The van der Waals surface area contributed by atoms with Gasteiger partial charge in [-0.2, -0.15) is 0 Å². The molecule has 0 heterocycles. The van der Waals surface area contributed by atoms with E-state index in [-0.39, 0.29) is 23.6 Å². The van der Waals surface area contributed by atoms with Gasteiger partial charge in [-0.1, -0.05) is 43.4 Å². The van der Waals surface area contributed by atoms with Crippen LogP contribution in [0.15, 0.2) is 48.5 Å². The van der Waals surface area contributed by atoms with Gasteiger partial charge in [-0.15, -0.1) is 0 Å². The van der Waals surface area contributed by atoms with E-state index in [9.17, 15) is 16.7 Å². The average Bonchev–Trinajstić information content (AvgIpc) is 2.81. The molecule has 0 amide bonds. The van der Waals surface area contributed by atoms with E-state index >= 15 is 0 Å². The fraction of sp³-hybridized carbons (Fsp3) is 0.455. The molecular weight excluding hydrogens is 326 g/mol. The summed E-state index contributed by atoms with van der Waals surface area (Å²) in [6.45, 7) is -0.577. The van der Waals surface area contributed by atoms with Gasteiger partial charge in [-0.3, -0.25) is 0 Å². The molecule has 0 spiro atoms. The molecular formula is C22H29NO3. The first kappa shape index (κ1) is 9.25. The normalized spacial score (nSPS) is 34.9. The highest BCUT2D eigenvalue weighted by Gasteiger charge is 2.38. The Morgan fingerprint density at radius 1 is 0.962 bits per heavy atom. The number of rotatable bonds is 7. The molecule has 1 aliphatic rings. The number of phenols is 2. The van der Waals surface area contributed by atoms with Gasteiger partial charge in [-0.25, -0.2) is 0 Å². The predicted molar refractivity (Wildman–Crippen MR) is 104 cm³/mol. The van der Waals surface area contributed by atoms with Crippen molar-refractivity contribution in [1.29, 1.82) is 0 Å². The van der Waals surface area contributed by atoms with Crippen LogP contribution in [0.25, 0.3) is 0 Å². The summed E-state index contributed by atoms with van der Waals surface area (Å²) in [7, 11) is 0. The first-order valence-corrected chi connectivity index (χ1v) is 8.23. The van der Waals surface area contributed by atoms with Crippen molar-refractivity contribution in [3.8, 4) is 11.5 Å². The number of hydrogen-bond donors (Lipinski definition) is 4. The zero-order valence-electron chi connectivity index (χ0n) is 25.1. The molecule has 4 heteroatoms. The van der Waals surface area contributed by atoms with Crippen molar-refractivity contribution >= 4 is 0 Å². The van der Waals surface area contributed by atoms with Crippen LogP contribution in [-0.2, 0) is 6.42 Å². The lowest BCUT2D eigenvalue weighted by molar-refractivity contribution is -0.0214. The lowest BCUT2D eigenvalue weighted by Crippen LogP contribution is -2.43. The van der Waals surface area contributed by atoms with Gasteiger partial charge in [0.25, 0.3) is 0 Å². The van der Waals surface area contributed by atoms with Crippen LogP contribution in [0, 0.1) is 0 Å². The summed E-state index contributed by atoms with van der Waals surface area (Å²) < 4.78 is 92.3. The number of phenolic OH excluding ortho intramolecular Hbond substituents is 2. The molecule has 3 rings (SSSR count). The molecule has 1 unspecified atom stereocenters. The molecule has 140 valence electrons. The Kier molecular flexibility index (Phi) is 3.05. The minimum Gasteiger partial charge on any atom is -0.508 e. The van der Waals surface area contributed by atoms with Crippen molar-refractivity contribution in [3.63, 3.8) is 0 Å². The van der Waals surface area contributed by atoms with Crippen LogP contribution < -0.4 is 5.32 Å². The van der Waals surface area contributed by atoms with Crippen molar-refractivity contribution < 1.29 is 30.4 Å². The zero-order chi connectivity index (χ0) is 28.3. The molecule has 0 aromatic heterocycles. The second-order valence-electron chi connectivity index (χ2n) is 5.95. The molecule has 4 nitrogen and oxygen atoms in total. The summed E-state index contributed by atoms with van der Waals surface area (Å²) in [6.07, 6.45) is -18.6. The summed E-state index contributed by atoms with van der Waals surface area (Å²) in [5, 5.41) is 33.9. The van der Waals surface area contributed by atoms with Crippen LogP contribution >= 0.6 is 0 Å². The first-order valence-electron chi connectivity index (χ1n) is 13.7. The molecule has 2 aromatic rings. The van der Waals surface area contributed by atoms with Crippen LogP contribution in [0.4, 0.5) is 0 Å². The van der Waals surface area contributed by atoms with E-state index in [1.54, 1.807) is 12.1 Å². The summed E-state index contributed by atoms with van der Waals surface area (Å²) >= 11 is 0. The van der Waals surface area contributed by atoms with Crippen molar-refractivity contribution in [3.05, 3.63) is 59.7 Å². The smallest absolute Gasteiger partial charge is 0.115 e. The molecule has 2 aromatic carbocycles. The van der Waals surface area contributed by atoms with Crippen LogP contribution in [0.1, 0.15) is 64.0 Å². The van der Waals surface area contributed by atoms with Gasteiger partial charge in [0, 0.05) is 27.5 Å². The van der Waals surface area contributed by atoms with E-state index in [0.717, 1.165) is 29.8 Å². The fourth-order valence-electron chi connectivity index (χ4n) is 2.67. The number of aliphatic hydroxyl groups is 1. The van der Waals surface area contributed by atoms with E-state index in [1.165, 1.54) is 12.1 Å². The Labute approximate surface area is 171 Å². The monoisotopic (exact) mass is 366 g/mol. The van der Waals surface area contributed by atoms with Gasteiger partial charge in [0.05, 0.1) is 5.60 Å². The third kappa shape index (κ3) is 4.77. The third-order valence-corrected chi connectivity index (χ3v) is 4.09. The Bertz CT molecular complexity index is 1090. The third-order valence-electron chi connectivity index (χ3n) is 4.09. The highest BCUT2D eigenvalue weighted by atomic mass is 16.3. The van der Waals surface area contributed by atoms with Crippen molar-refractivity contribution in [2.75, 3.05) is 13.1 Å². The molecule has 4 N–H and O–H groups in total. The highest BCUT2D eigenvalue weighted by Crippen LogP contribution is 2.40. The quantitative estimate of drug-likeness (QED) is 0.564. The summed E-state index contributed by atoms with van der Waals surface area (Å²) in [4.78, 5) is 0. The highest BCUT2D eigenvalue weighted by molar-refractivity contribution is 5.31. The molecule has 0 aliphatic heterocycles. The number of hydrogen-bond acceptors (Lipinski definition) is 4. The second-order valence-corrected chi connectivity index (χ2v) is 5.95. The van der Waals surface area contributed by atoms with Crippen LogP contribution in [0.3, 0.4) is 0 Å². The minimum atomic E-state index is -3.82. The van der Waals surface area contributed by atoms with Gasteiger partial charge in [0.15, 0.2) is 0 Å². The summed E-state index contributed by atoms with van der Waals surface area (Å²) in [6, 6.07) is 10.7. The summed E-state index contributed by atoms with van der Waals surface area (Å²) in [5.41, 5.74) is -3.27. The Morgan fingerprint density at radius 2 is 1.54 bits per heavy atom. The molecule has 26 heavy (non-hydrogen) atoms. The molecule has 0 radical (unpaired) electrons. The van der Waals surface area contributed by atoms with Crippen LogP contribution in [-0.4, -0.2) is 34.0 Å². The van der Waals surface area contributed by atoms with E-state index in [1.807, 2.05) is 0 Å². The topological polar surface area (TPSA) is 72.7 Å². The van der Waals surface area contributed by atoms with E-state index in [0.29, 0.717) is 6.42 Å². The largest absolute Gasteiger partial charge is 0.508 e. The number of aromatic hydroxyl groups is 2. The maximum atomic E-state index is 11.9. The van der Waals surface area contributed by atoms with Crippen molar-refractivity contribution in [1.82, 2.24) is 5.32 Å². The number of benzene rings is 2. The SMILES string of the molecule is [2H]C(CNCCc1ccc(O)cc1)(c1ccc(O)cc1)C1(O)C([2H])([2H])C([2H])([2H])C([2H])([2H])C([2H])([2H])C1([2H])[2H]. The molecule has 1 atom stereocenters. The molecule has 1 fully saturated rings. The van der Waals surface area contributed by atoms with E-state index in [4.69, 9.17) is 13.7 Å². The standard InChI is InChI=1S/C22H29NO3/c24-19-8-4-17(5-9-19)12-15-23-16-21(18-6-10-20(25)11-7-18)22(26)13-2-1-3-14-22/h4-11,21,23-26H,1-3,12-16H2/i1D2,2D2,3D2,13D2,14D2,21D. The Hall–Kier alpha value is -2.04. The van der Waals surface area contributed by atoms with Gasteiger partial charge >= 0.3 is 0 Å². The number of nitrogens with one attached hydrogen (secondary N) is 1. The average molecular weight is 367 g/mol. The fourth-order valence-corrected chi connectivity index (χ4v) is 2.67. The summed E-state index contributed by atoms with van der Waals surface area (Å²) in [5.74, 6) is -3.02. The predicted octanol–water partition coefficient (Wildman–Crippen LogP) is 3.71. The van der Waals surface area contributed by atoms with Crippen molar-refractivity contribution in [2.45, 2.75) is 49.8 Å². The van der Waals surface area contributed by atoms with Gasteiger partial charge in [0.1, 0.15) is 11.5 Å². The maximum Gasteiger partial charge on any atom is 0.115 e. The molecule has 1 saturated carbocycles. The van der Waals surface area contributed by atoms with Gasteiger partial charge < -0.3 is 20.6 Å². The molecule has 0 bridgehead atoms. The van der Waals surface area contributed by atoms with Gasteiger partial charge in [0.2, 0.25) is 0 Å². The second kappa shape index (κ2) is 8.56.